The van der Waals surface area contributed by atoms with Crippen molar-refractivity contribution < 1.29 is 10.7 Å². The van der Waals surface area contributed by atoms with Crippen molar-refractivity contribution in [2.24, 2.45) is 10.9 Å². The first-order valence-corrected chi connectivity index (χ1v) is 2.77. The Labute approximate surface area is 54.7 Å². The summed E-state index contributed by atoms with van der Waals surface area (Å²) in [6.07, 6.45) is 2.78. The van der Waals surface area contributed by atoms with Crippen LogP contribution in [0.3, 0.4) is 0 Å². The zero-order chi connectivity index (χ0) is 6.41. The molecular formula is C5H14N2O2. The highest BCUT2D eigenvalue weighted by atomic mass is 16.4. The van der Waals surface area contributed by atoms with Gasteiger partial charge in [0.25, 0.3) is 0 Å². The maximum atomic E-state index is 8.02. The summed E-state index contributed by atoms with van der Waals surface area (Å²) in [7, 11) is 0. The summed E-state index contributed by atoms with van der Waals surface area (Å²) in [6, 6.07) is 0. The van der Waals surface area contributed by atoms with Crippen molar-refractivity contribution in [2.45, 2.75) is 26.2 Å². The lowest BCUT2D eigenvalue weighted by molar-refractivity contribution is 0.316. The molecule has 0 unspecified atom stereocenters. The number of nitrogens with two attached hydrogens (primary N) is 1. The highest BCUT2D eigenvalue weighted by molar-refractivity contribution is 5.79. The SMILES string of the molecule is CCCCC(N)=NO.O. The zero-order valence-electron chi connectivity index (χ0n) is 5.59. The molecule has 4 heteroatoms. The molecule has 0 atom stereocenters. The minimum Gasteiger partial charge on any atom is -0.412 e. The van der Waals surface area contributed by atoms with Crippen molar-refractivity contribution in [3.8, 4) is 0 Å². The van der Waals surface area contributed by atoms with Crippen LogP contribution in [0.4, 0.5) is 0 Å². The van der Waals surface area contributed by atoms with Crippen LogP contribution in [0.1, 0.15) is 26.2 Å². The van der Waals surface area contributed by atoms with Gasteiger partial charge < -0.3 is 16.4 Å². The monoisotopic (exact) mass is 134 g/mol. The van der Waals surface area contributed by atoms with E-state index in [9.17, 15) is 0 Å². The van der Waals surface area contributed by atoms with E-state index in [1.807, 2.05) is 0 Å². The number of unbranched alkanes of at least 4 members (excludes halogenated alkanes) is 1. The summed E-state index contributed by atoms with van der Waals surface area (Å²) in [5.41, 5.74) is 5.16. The number of oxime groups is 1. The van der Waals surface area contributed by atoms with E-state index in [1.165, 1.54) is 0 Å². The molecule has 0 heterocycles. The van der Waals surface area contributed by atoms with Crippen LogP contribution in [-0.2, 0) is 0 Å². The third-order valence-corrected chi connectivity index (χ3v) is 0.915. The minimum absolute atomic E-state index is 0. The summed E-state index contributed by atoms with van der Waals surface area (Å²) >= 11 is 0. The molecule has 0 aliphatic carbocycles. The summed E-state index contributed by atoms with van der Waals surface area (Å²) in [6.45, 7) is 2.06. The van der Waals surface area contributed by atoms with Gasteiger partial charge in [-0.15, -0.1) is 0 Å². The fourth-order valence-electron chi connectivity index (χ4n) is 0.408. The van der Waals surface area contributed by atoms with Gasteiger partial charge in [-0.25, -0.2) is 0 Å². The molecule has 0 rings (SSSR count). The van der Waals surface area contributed by atoms with Gasteiger partial charge in [-0.2, -0.15) is 0 Å². The molecule has 0 aromatic carbocycles. The second kappa shape index (κ2) is 7.23. The summed E-state index contributed by atoms with van der Waals surface area (Å²) in [4.78, 5) is 0. The van der Waals surface area contributed by atoms with Crippen molar-refractivity contribution in [1.29, 1.82) is 0 Å². The lowest BCUT2D eigenvalue weighted by Crippen LogP contribution is -2.10. The quantitative estimate of drug-likeness (QED) is 0.248. The lowest BCUT2D eigenvalue weighted by atomic mass is 10.2. The predicted molar refractivity (Wildman–Crippen MR) is 36.5 cm³/mol. The average molecular weight is 134 g/mol. The van der Waals surface area contributed by atoms with Crippen LogP contribution in [0, 0.1) is 0 Å². The van der Waals surface area contributed by atoms with Crippen LogP contribution in [0.25, 0.3) is 0 Å². The second-order valence-electron chi connectivity index (χ2n) is 1.69. The van der Waals surface area contributed by atoms with E-state index in [2.05, 4.69) is 12.1 Å². The van der Waals surface area contributed by atoms with Gasteiger partial charge in [-0.1, -0.05) is 18.5 Å². The van der Waals surface area contributed by atoms with E-state index >= 15 is 0 Å². The maximum Gasteiger partial charge on any atom is 0.139 e. The van der Waals surface area contributed by atoms with Gasteiger partial charge in [0.15, 0.2) is 0 Å². The van der Waals surface area contributed by atoms with Crippen LogP contribution in [0.15, 0.2) is 5.16 Å². The molecule has 0 aromatic heterocycles. The molecule has 0 saturated heterocycles. The van der Waals surface area contributed by atoms with Crippen molar-refractivity contribution in [1.82, 2.24) is 0 Å². The number of hydrogen-bond acceptors (Lipinski definition) is 2. The molecule has 0 aromatic rings. The normalized spacial score (nSPS) is 10.6. The molecule has 0 saturated carbocycles. The molecule has 0 fully saturated rings. The van der Waals surface area contributed by atoms with E-state index in [-0.39, 0.29) is 5.48 Å². The molecule has 0 amide bonds. The molecule has 56 valence electrons. The first-order valence-electron chi connectivity index (χ1n) is 2.77. The first-order chi connectivity index (χ1) is 3.81. The molecule has 4 nitrogen and oxygen atoms in total. The Morgan fingerprint density at radius 3 is 2.56 bits per heavy atom. The van der Waals surface area contributed by atoms with Gasteiger partial charge in [-0.05, 0) is 6.42 Å². The summed E-state index contributed by atoms with van der Waals surface area (Å²) in [5, 5.41) is 10.8. The molecular weight excluding hydrogens is 120 g/mol. The van der Waals surface area contributed by atoms with Crippen LogP contribution in [0.2, 0.25) is 0 Å². The number of nitrogens with zero attached hydrogens (tertiary/aromatic N) is 1. The third kappa shape index (κ3) is 7.23. The van der Waals surface area contributed by atoms with Gasteiger partial charge in [0.05, 0.1) is 0 Å². The topological polar surface area (TPSA) is 90.1 Å². The molecule has 9 heavy (non-hydrogen) atoms. The third-order valence-electron chi connectivity index (χ3n) is 0.915. The van der Waals surface area contributed by atoms with Gasteiger partial charge in [0, 0.05) is 6.42 Å². The second-order valence-corrected chi connectivity index (χ2v) is 1.69. The summed E-state index contributed by atoms with van der Waals surface area (Å²) in [5.74, 6) is 0.326. The van der Waals surface area contributed by atoms with Gasteiger partial charge in [0.2, 0.25) is 0 Å². The largest absolute Gasteiger partial charge is 0.412 e. The Morgan fingerprint density at radius 1 is 1.67 bits per heavy atom. The van der Waals surface area contributed by atoms with Crippen molar-refractivity contribution in [3.05, 3.63) is 0 Å². The predicted octanol–water partition coefficient (Wildman–Crippen LogP) is 0.0983. The molecule has 0 radical (unpaired) electrons. The van der Waals surface area contributed by atoms with Gasteiger partial charge in [0.1, 0.15) is 5.84 Å². The fourth-order valence-corrected chi connectivity index (χ4v) is 0.408. The van der Waals surface area contributed by atoms with E-state index in [4.69, 9.17) is 10.9 Å². The van der Waals surface area contributed by atoms with Crippen molar-refractivity contribution >= 4 is 5.84 Å². The van der Waals surface area contributed by atoms with E-state index in [1.54, 1.807) is 0 Å². The Morgan fingerprint density at radius 2 is 2.22 bits per heavy atom. The van der Waals surface area contributed by atoms with E-state index < -0.39 is 0 Å². The van der Waals surface area contributed by atoms with E-state index in [0.29, 0.717) is 12.3 Å². The molecule has 0 aliphatic heterocycles. The average Bonchev–Trinajstić information content (AvgIpc) is 1.83. The van der Waals surface area contributed by atoms with Crippen LogP contribution < -0.4 is 5.73 Å². The van der Waals surface area contributed by atoms with Gasteiger partial charge in [-0.3, -0.25) is 0 Å². The van der Waals surface area contributed by atoms with E-state index in [0.717, 1.165) is 12.8 Å². The first kappa shape index (κ1) is 11.1. The van der Waals surface area contributed by atoms with Crippen molar-refractivity contribution in [2.75, 3.05) is 0 Å². The highest BCUT2D eigenvalue weighted by Crippen LogP contribution is 1.91. The van der Waals surface area contributed by atoms with Crippen LogP contribution in [0.5, 0.6) is 0 Å². The summed E-state index contributed by atoms with van der Waals surface area (Å²) < 4.78 is 0. The molecule has 0 bridgehead atoms. The van der Waals surface area contributed by atoms with Crippen molar-refractivity contribution in [3.63, 3.8) is 0 Å². The fraction of sp³-hybridized carbons (Fsp3) is 0.800. The lowest BCUT2D eigenvalue weighted by Gasteiger charge is -1.91. The Hall–Kier alpha value is -0.770. The van der Waals surface area contributed by atoms with Gasteiger partial charge >= 0.3 is 0 Å². The number of amidine groups is 1. The molecule has 0 aliphatic rings. The molecule has 5 N–H and O–H groups in total. The minimum atomic E-state index is 0. The molecule has 0 spiro atoms. The maximum absolute atomic E-state index is 8.02. The Balaban J connectivity index is 0. The highest BCUT2D eigenvalue weighted by Gasteiger charge is 1.88. The zero-order valence-corrected chi connectivity index (χ0v) is 5.59. The number of hydrogen-bond donors (Lipinski definition) is 2. The number of rotatable bonds is 3. The van der Waals surface area contributed by atoms with Crippen LogP contribution in [-0.4, -0.2) is 16.5 Å². The Kier molecular flexibility index (Phi) is 8.90. The van der Waals surface area contributed by atoms with Crippen LogP contribution >= 0.6 is 0 Å². The standard InChI is InChI=1S/C5H12N2O.H2O/c1-2-3-4-5(6)7-8;/h8H,2-4H2,1H3,(H2,6,7);1H2. The smallest absolute Gasteiger partial charge is 0.139 e. The Bertz CT molecular complexity index is 83.0.